The molecule has 0 aliphatic rings. The van der Waals surface area contributed by atoms with E-state index < -0.39 is 22.6 Å². The van der Waals surface area contributed by atoms with Gasteiger partial charge in [0, 0.05) is 33.6 Å². The highest BCUT2D eigenvalue weighted by Gasteiger charge is 2.30. The van der Waals surface area contributed by atoms with E-state index in [4.69, 9.17) is 0 Å². The van der Waals surface area contributed by atoms with Crippen LogP contribution in [0.4, 0.5) is 18.9 Å². The van der Waals surface area contributed by atoms with Crippen LogP contribution in [-0.4, -0.2) is 25.6 Å². The summed E-state index contributed by atoms with van der Waals surface area (Å²) in [7, 11) is 0. The molecule has 1 amide bonds. The fraction of sp³-hybridized carbons (Fsp3) is 0.125. The lowest BCUT2D eigenvalue weighted by Crippen LogP contribution is -2.24. The first kappa shape index (κ1) is 26.4. The fourth-order valence-electron chi connectivity index (χ4n) is 3.34. The molecular weight excluding hydrogens is 575 g/mol. The fourth-order valence-corrected chi connectivity index (χ4v) is 4.52. The van der Waals surface area contributed by atoms with Crippen LogP contribution >= 0.6 is 27.7 Å². The van der Waals surface area contributed by atoms with Crippen LogP contribution in [0.3, 0.4) is 0 Å². The molecule has 4 rings (SSSR count). The maximum atomic E-state index is 13.1. The van der Waals surface area contributed by atoms with E-state index in [0.717, 1.165) is 16.6 Å². The van der Waals surface area contributed by atoms with Gasteiger partial charge in [0.1, 0.15) is 0 Å². The van der Waals surface area contributed by atoms with Crippen LogP contribution in [0.1, 0.15) is 27.3 Å². The smallest absolute Gasteiger partial charge is 0.345 e. The Balaban J connectivity index is 1.55. The number of nitrogens with zero attached hydrogens (tertiary/aromatic N) is 4. The number of thioether (sulfide) groups is 1. The van der Waals surface area contributed by atoms with Crippen molar-refractivity contribution in [2.24, 2.45) is 0 Å². The number of nitrogens with one attached hydrogen (secondary N) is 1. The van der Waals surface area contributed by atoms with Crippen molar-refractivity contribution in [1.82, 2.24) is 20.1 Å². The summed E-state index contributed by atoms with van der Waals surface area (Å²) in [5, 5.41) is 22.4. The lowest BCUT2D eigenvalue weighted by atomic mass is 10.1. The van der Waals surface area contributed by atoms with Gasteiger partial charge in [0.05, 0.1) is 17.0 Å². The number of hydrogen-bond donors (Lipinski definition) is 1. The summed E-state index contributed by atoms with van der Waals surface area (Å²) in [6.07, 6.45) is -4.44. The summed E-state index contributed by atoms with van der Waals surface area (Å²) in [5.41, 5.74) is 0.542. The van der Waals surface area contributed by atoms with Gasteiger partial charge in [0.15, 0.2) is 11.0 Å². The molecule has 1 N–H and O–H groups in total. The maximum absolute atomic E-state index is 13.1. The van der Waals surface area contributed by atoms with E-state index in [2.05, 4.69) is 31.4 Å². The Kier molecular flexibility index (Phi) is 7.93. The Bertz CT molecular complexity index is 1430. The molecular formula is C24H17BrF3N5O3S. The third-order valence-electron chi connectivity index (χ3n) is 5.15. The first-order chi connectivity index (χ1) is 17.6. The third-order valence-corrected chi connectivity index (χ3v) is 6.68. The highest BCUT2D eigenvalue weighted by molar-refractivity contribution is 9.10. The summed E-state index contributed by atoms with van der Waals surface area (Å²) >= 11 is 4.59. The average Bonchev–Trinajstić information content (AvgIpc) is 3.29. The van der Waals surface area contributed by atoms with E-state index in [9.17, 15) is 28.1 Å². The standard InChI is InChI=1S/C24H17BrF3N5O3S/c25-18-6-10-19(11-7-18)32-21(13-29-22(34)16-4-8-20(9-5-16)33(35)36)30-31-23(32)37-14-15-2-1-3-17(12-15)24(26,27)28/h1-12H,13-14H2,(H,29,34). The summed E-state index contributed by atoms with van der Waals surface area (Å²) < 4.78 is 41.8. The number of halogens is 4. The van der Waals surface area contributed by atoms with Gasteiger partial charge in [-0.3, -0.25) is 19.5 Å². The average molecular weight is 592 g/mol. The number of carbonyl (C=O) groups is 1. The number of hydrogen-bond acceptors (Lipinski definition) is 6. The first-order valence-corrected chi connectivity index (χ1v) is 12.4. The molecule has 4 aromatic rings. The summed E-state index contributed by atoms with van der Waals surface area (Å²) in [6.45, 7) is -0.0109. The van der Waals surface area contributed by atoms with E-state index in [1.807, 2.05) is 24.3 Å². The third kappa shape index (κ3) is 6.54. The van der Waals surface area contributed by atoms with E-state index in [-0.39, 0.29) is 23.5 Å². The van der Waals surface area contributed by atoms with Crippen molar-refractivity contribution in [3.05, 3.63) is 110 Å². The van der Waals surface area contributed by atoms with Gasteiger partial charge in [-0.05, 0) is 48.0 Å². The van der Waals surface area contributed by atoms with Crippen LogP contribution < -0.4 is 5.32 Å². The molecule has 0 saturated heterocycles. The minimum atomic E-state index is -4.44. The van der Waals surface area contributed by atoms with Crippen molar-refractivity contribution in [2.45, 2.75) is 23.6 Å². The second-order valence-corrected chi connectivity index (χ2v) is 9.54. The molecule has 0 saturated carbocycles. The molecule has 0 bridgehead atoms. The number of non-ortho nitro benzene ring substituents is 1. The van der Waals surface area contributed by atoms with Gasteiger partial charge < -0.3 is 5.32 Å². The number of alkyl halides is 3. The number of benzene rings is 3. The number of carbonyl (C=O) groups excluding carboxylic acids is 1. The number of nitro benzene ring substituents is 1. The largest absolute Gasteiger partial charge is 0.416 e. The molecule has 0 aliphatic heterocycles. The minimum Gasteiger partial charge on any atom is -0.345 e. The zero-order valence-corrected chi connectivity index (χ0v) is 21.2. The predicted molar refractivity (Wildman–Crippen MR) is 134 cm³/mol. The Morgan fingerprint density at radius 2 is 1.76 bits per heavy atom. The van der Waals surface area contributed by atoms with Crippen LogP contribution in [0.15, 0.2) is 82.4 Å². The molecule has 37 heavy (non-hydrogen) atoms. The molecule has 8 nitrogen and oxygen atoms in total. The number of rotatable bonds is 8. The van der Waals surface area contributed by atoms with E-state index >= 15 is 0 Å². The van der Waals surface area contributed by atoms with Gasteiger partial charge in [-0.1, -0.05) is 45.9 Å². The second-order valence-electron chi connectivity index (χ2n) is 7.68. The number of aromatic nitrogens is 3. The SMILES string of the molecule is O=C(NCc1nnc(SCc2cccc(C(F)(F)F)c2)n1-c1ccc(Br)cc1)c1ccc([N+](=O)[O-])cc1. The molecule has 0 atom stereocenters. The van der Waals surface area contributed by atoms with E-state index in [1.165, 1.54) is 42.1 Å². The molecule has 0 radical (unpaired) electrons. The van der Waals surface area contributed by atoms with Gasteiger partial charge >= 0.3 is 6.18 Å². The van der Waals surface area contributed by atoms with Crippen molar-refractivity contribution in [3.63, 3.8) is 0 Å². The van der Waals surface area contributed by atoms with Crippen LogP contribution in [0.2, 0.25) is 0 Å². The quantitative estimate of drug-likeness (QED) is 0.149. The van der Waals surface area contributed by atoms with Crippen LogP contribution in [0.25, 0.3) is 5.69 Å². The maximum Gasteiger partial charge on any atom is 0.416 e. The molecule has 1 aromatic heterocycles. The van der Waals surface area contributed by atoms with Gasteiger partial charge in [-0.25, -0.2) is 0 Å². The van der Waals surface area contributed by atoms with Crippen LogP contribution in [-0.2, 0) is 18.5 Å². The highest BCUT2D eigenvalue weighted by atomic mass is 79.9. The number of amides is 1. The molecule has 1 heterocycles. The lowest BCUT2D eigenvalue weighted by molar-refractivity contribution is -0.384. The molecule has 0 aliphatic carbocycles. The zero-order valence-electron chi connectivity index (χ0n) is 18.8. The normalized spacial score (nSPS) is 11.4. The van der Waals surface area contributed by atoms with Crippen LogP contribution in [0, 0.1) is 10.1 Å². The Hall–Kier alpha value is -3.71. The summed E-state index contributed by atoms with van der Waals surface area (Å²) in [5.74, 6) is 0.149. The zero-order chi connectivity index (χ0) is 26.6. The molecule has 190 valence electrons. The monoisotopic (exact) mass is 591 g/mol. The molecule has 0 unspecified atom stereocenters. The van der Waals surface area contributed by atoms with Gasteiger partial charge in [0.2, 0.25) is 0 Å². The van der Waals surface area contributed by atoms with E-state index in [1.54, 1.807) is 10.6 Å². The van der Waals surface area contributed by atoms with Gasteiger partial charge in [-0.15, -0.1) is 10.2 Å². The Morgan fingerprint density at radius 1 is 1.05 bits per heavy atom. The first-order valence-electron chi connectivity index (χ1n) is 10.6. The van der Waals surface area contributed by atoms with Crippen molar-refractivity contribution in [2.75, 3.05) is 0 Å². The van der Waals surface area contributed by atoms with E-state index in [0.29, 0.717) is 22.2 Å². The van der Waals surface area contributed by atoms with Crippen molar-refractivity contribution >= 4 is 39.3 Å². The van der Waals surface area contributed by atoms with Crippen molar-refractivity contribution in [1.29, 1.82) is 0 Å². The summed E-state index contributed by atoms with van der Waals surface area (Å²) in [4.78, 5) is 22.9. The minimum absolute atomic E-state index is 0.0109. The lowest BCUT2D eigenvalue weighted by Gasteiger charge is -2.12. The van der Waals surface area contributed by atoms with Crippen LogP contribution in [0.5, 0.6) is 0 Å². The van der Waals surface area contributed by atoms with Crippen molar-refractivity contribution < 1.29 is 22.9 Å². The number of nitro groups is 1. The summed E-state index contributed by atoms with van der Waals surface area (Å²) in [6, 6.07) is 17.5. The molecule has 13 heteroatoms. The van der Waals surface area contributed by atoms with Gasteiger partial charge in [0.25, 0.3) is 11.6 Å². The molecule has 3 aromatic carbocycles. The van der Waals surface area contributed by atoms with Gasteiger partial charge in [-0.2, -0.15) is 13.2 Å². The highest BCUT2D eigenvalue weighted by Crippen LogP contribution is 2.32. The predicted octanol–water partition coefficient (Wildman–Crippen LogP) is 6.18. The van der Waals surface area contributed by atoms with Crippen molar-refractivity contribution in [3.8, 4) is 5.69 Å². The molecule has 0 spiro atoms. The Labute approximate surface area is 221 Å². The topological polar surface area (TPSA) is 103 Å². The Morgan fingerprint density at radius 3 is 2.41 bits per heavy atom. The second kappa shape index (κ2) is 11.1. The molecule has 0 fully saturated rings.